The van der Waals surface area contributed by atoms with Gasteiger partial charge in [-0.15, -0.1) is 0 Å². The van der Waals surface area contributed by atoms with Crippen LogP contribution in [0.3, 0.4) is 0 Å². The number of hydrogen-bond acceptors (Lipinski definition) is 3. The zero-order valence-electron chi connectivity index (χ0n) is 11.5. The van der Waals surface area contributed by atoms with E-state index in [0.29, 0.717) is 0 Å². The Hall–Kier alpha value is -1.62. The van der Waals surface area contributed by atoms with Gasteiger partial charge in [0, 0.05) is 37.6 Å². The second kappa shape index (κ2) is 5.35. The smallest absolute Gasteiger partial charge is 0.0641 e. The molecule has 0 fully saturated rings. The summed E-state index contributed by atoms with van der Waals surface area (Å²) in [6.45, 7) is 5.06. The molecule has 2 aromatic heterocycles. The molecule has 0 radical (unpaired) electrons. The maximum absolute atomic E-state index is 4.40. The van der Waals surface area contributed by atoms with Crippen molar-refractivity contribution in [2.24, 2.45) is 7.05 Å². The molecule has 18 heavy (non-hydrogen) atoms. The highest BCUT2D eigenvalue weighted by Crippen LogP contribution is 2.20. The molecule has 2 heterocycles. The molecule has 0 amide bonds. The second-order valence-electron chi connectivity index (χ2n) is 4.59. The molecular weight excluding hydrogens is 226 g/mol. The third-order valence-electron chi connectivity index (χ3n) is 3.23. The van der Waals surface area contributed by atoms with E-state index in [-0.39, 0.29) is 6.04 Å². The van der Waals surface area contributed by atoms with Crippen molar-refractivity contribution in [1.29, 1.82) is 0 Å². The molecule has 5 heteroatoms. The first kappa shape index (κ1) is 12.8. The number of nitrogens with zero attached hydrogens (tertiary/aromatic N) is 4. The van der Waals surface area contributed by atoms with Crippen LogP contribution >= 0.6 is 0 Å². The molecule has 1 unspecified atom stereocenters. The molecule has 0 spiro atoms. The van der Waals surface area contributed by atoms with Gasteiger partial charge in [0.25, 0.3) is 0 Å². The molecular formula is C13H21N5. The standard InChI is InChI=1S/C13H21N5/c1-5-18-8-11(7-15-18)6-13(14-3)12-9-17(4)16-10(12)2/h7-9,13-14H,5-6H2,1-4H3. The van der Waals surface area contributed by atoms with Crippen LogP contribution in [0.4, 0.5) is 0 Å². The highest BCUT2D eigenvalue weighted by molar-refractivity contribution is 5.22. The Balaban J connectivity index is 2.16. The summed E-state index contributed by atoms with van der Waals surface area (Å²) in [4.78, 5) is 0. The fourth-order valence-corrected chi connectivity index (χ4v) is 2.25. The molecule has 0 aliphatic rings. The average molecular weight is 247 g/mol. The van der Waals surface area contributed by atoms with Gasteiger partial charge in [-0.05, 0) is 32.9 Å². The Bertz CT molecular complexity index is 511. The lowest BCUT2D eigenvalue weighted by Gasteiger charge is -2.14. The first-order valence-corrected chi connectivity index (χ1v) is 6.32. The van der Waals surface area contributed by atoms with E-state index < -0.39 is 0 Å². The van der Waals surface area contributed by atoms with Crippen molar-refractivity contribution in [3.63, 3.8) is 0 Å². The minimum Gasteiger partial charge on any atom is -0.313 e. The van der Waals surface area contributed by atoms with Gasteiger partial charge in [-0.1, -0.05) is 0 Å². The topological polar surface area (TPSA) is 47.7 Å². The van der Waals surface area contributed by atoms with Gasteiger partial charge in [-0.3, -0.25) is 9.36 Å². The number of nitrogens with one attached hydrogen (secondary N) is 1. The molecule has 2 aromatic rings. The number of aromatic nitrogens is 4. The normalized spacial score (nSPS) is 12.9. The second-order valence-corrected chi connectivity index (χ2v) is 4.59. The first-order chi connectivity index (χ1) is 8.63. The van der Waals surface area contributed by atoms with E-state index in [1.807, 2.05) is 29.7 Å². The predicted octanol–water partition coefficient (Wildman–Crippen LogP) is 1.45. The van der Waals surface area contributed by atoms with Gasteiger partial charge < -0.3 is 5.32 Å². The lowest BCUT2D eigenvalue weighted by molar-refractivity contribution is 0.587. The number of aryl methyl sites for hydroxylation is 3. The van der Waals surface area contributed by atoms with Crippen LogP contribution in [0.25, 0.3) is 0 Å². The van der Waals surface area contributed by atoms with Gasteiger partial charge in [0.1, 0.15) is 0 Å². The van der Waals surface area contributed by atoms with Crippen molar-refractivity contribution in [3.8, 4) is 0 Å². The lowest BCUT2D eigenvalue weighted by atomic mass is 10.0. The fraction of sp³-hybridized carbons (Fsp3) is 0.538. The van der Waals surface area contributed by atoms with E-state index in [1.54, 1.807) is 0 Å². The Labute approximate surface area is 108 Å². The fourth-order valence-electron chi connectivity index (χ4n) is 2.25. The SMILES string of the molecule is CCn1cc(CC(NC)c2cn(C)nc2C)cn1. The summed E-state index contributed by atoms with van der Waals surface area (Å²) >= 11 is 0. The van der Waals surface area contributed by atoms with Crippen molar-refractivity contribution in [1.82, 2.24) is 24.9 Å². The van der Waals surface area contributed by atoms with Crippen LogP contribution in [-0.4, -0.2) is 26.6 Å². The summed E-state index contributed by atoms with van der Waals surface area (Å²) in [7, 11) is 3.94. The Kier molecular flexibility index (Phi) is 3.81. The Morgan fingerprint density at radius 2 is 2.17 bits per heavy atom. The van der Waals surface area contributed by atoms with E-state index in [9.17, 15) is 0 Å². The van der Waals surface area contributed by atoms with Crippen LogP contribution < -0.4 is 5.32 Å². The summed E-state index contributed by atoms with van der Waals surface area (Å²) in [5, 5.41) is 12.1. The first-order valence-electron chi connectivity index (χ1n) is 6.32. The highest BCUT2D eigenvalue weighted by Gasteiger charge is 2.16. The van der Waals surface area contributed by atoms with Crippen LogP contribution in [0.1, 0.15) is 29.8 Å². The van der Waals surface area contributed by atoms with Crippen molar-refractivity contribution in [3.05, 3.63) is 35.4 Å². The maximum Gasteiger partial charge on any atom is 0.0641 e. The van der Waals surface area contributed by atoms with Crippen LogP contribution in [0.2, 0.25) is 0 Å². The van der Waals surface area contributed by atoms with Gasteiger partial charge >= 0.3 is 0 Å². The van der Waals surface area contributed by atoms with E-state index in [2.05, 4.69) is 41.8 Å². The average Bonchev–Trinajstić information content (AvgIpc) is 2.92. The van der Waals surface area contributed by atoms with Gasteiger partial charge in [-0.25, -0.2) is 0 Å². The summed E-state index contributed by atoms with van der Waals surface area (Å²) < 4.78 is 3.82. The molecule has 0 bridgehead atoms. The molecule has 0 aromatic carbocycles. The zero-order valence-corrected chi connectivity index (χ0v) is 11.5. The molecule has 2 rings (SSSR count). The quantitative estimate of drug-likeness (QED) is 0.870. The monoisotopic (exact) mass is 247 g/mol. The minimum absolute atomic E-state index is 0.285. The van der Waals surface area contributed by atoms with Crippen LogP contribution in [0, 0.1) is 6.92 Å². The molecule has 0 saturated heterocycles. The maximum atomic E-state index is 4.40. The van der Waals surface area contributed by atoms with E-state index in [1.165, 1.54) is 11.1 Å². The minimum atomic E-state index is 0.285. The third-order valence-corrected chi connectivity index (χ3v) is 3.23. The highest BCUT2D eigenvalue weighted by atomic mass is 15.3. The number of likely N-dealkylation sites (N-methyl/N-ethyl adjacent to an activating group) is 1. The summed E-state index contributed by atoms with van der Waals surface area (Å²) in [6.07, 6.45) is 7.07. The van der Waals surface area contributed by atoms with Crippen LogP contribution in [-0.2, 0) is 20.0 Å². The van der Waals surface area contributed by atoms with Gasteiger partial charge in [0.05, 0.1) is 11.9 Å². The van der Waals surface area contributed by atoms with Crippen LogP contribution in [0.5, 0.6) is 0 Å². The van der Waals surface area contributed by atoms with Gasteiger partial charge in [0.15, 0.2) is 0 Å². The van der Waals surface area contributed by atoms with Crippen molar-refractivity contribution >= 4 is 0 Å². The summed E-state index contributed by atoms with van der Waals surface area (Å²) in [6, 6.07) is 0.285. The molecule has 1 N–H and O–H groups in total. The molecule has 98 valence electrons. The van der Waals surface area contributed by atoms with Crippen molar-refractivity contribution in [2.75, 3.05) is 7.05 Å². The molecule has 1 atom stereocenters. The van der Waals surface area contributed by atoms with Gasteiger partial charge in [-0.2, -0.15) is 10.2 Å². The molecule has 0 aliphatic heterocycles. The summed E-state index contributed by atoms with van der Waals surface area (Å²) in [5.41, 5.74) is 3.59. The van der Waals surface area contributed by atoms with E-state index in [4.69, 9.17) is 0 Å². The number of rotatable bonds is 5. The Morgan fingerprint density at radius 1 is 1.39 bits per heavy atom. The van der Waals surface area contributed by atoms with Crippen molar-refractivity contribution < 1.29 is 0 Å². The number of hydrogen-bond donors (Lipinski definition) is 1. The molecule has 5 nitrogen and oxygen atoms in total. The molecule has 0 aliphatic carbocycles. The van der Waals surface area contributed by atoms with E-state index in [0.717, 1.165) is 18.7 Å². The van der Waals surface area contributed by atoms with E-state index >= 15 is 0 Å². The predicted molar refractivity (Wildman–Crippen MR) is 71.4 cm³/mol. The zero-order chi connectivity index (χ0) is 13.1. The lowest BCUT2D eigenvalue weighted by Crippen LogP contribution is -2.19. The van der Waals surface area contributed by atoms with Gasteiger partial charge in [0.2, 0.25) is 0 Å². The Morgan fingerprint density at radius 3 is 2.67 bits per heavy atom. The van der Waals surface area contributed by atoms with Crippen LogP contribution in [0.15, 0.2) is 18.6 Å². The third kappa shape index (κ3) is 2.61. The summed E-state index contributed by atoms with van der Waals surface area (Å²) in [5.74, 6) is 0. The van der Waals surface area contributed by atoms with Crippen molar-refractivity contribution in [2.45, 2.75) is 32.9 Å². The largest absolute Gasteiger partial charge is 0.313 e. The molecule has 0 saturated carbocycles.